The first-order valence-electron chi connectivity index (χ1n) is 21.8. The number of ether oxygens (including phenoxy) is 1. The average Bonchev–Trinajstić information content (AvgIpc) is 3.84. The molecule has 0 saturated heterocycles. The highest BCUT2D eigenvalue weighted by Crippen LogP contribution is 2.50. The highest BCUT2D eigenvalue weighted by molar-refractivity contribution is 7.26. The first kappa shape index (κ1) is 36.3. The van der Waals surface area contributed by atoms with Crippen molar-refractivity contribution in [3.63, 3.8) is 0 Å². The predicted molar refractivity (Wildman–Crippen MR) is 262 cm³/mol. The van der Waals surface area contributed by atoms with Gasteiger partial charge in [0.25, 0.3) is 6.71 Å². The SMILES string of the molecule is CCCCc1ccc2c(sc3ccccc32)c1N1c2cc(-n3c4ccccc4c4ccccc43)ccc2B2c3cc(-c4ccccc4)ccc3Oc3cc(C(C)(C)C)cc1c32. The number of rotatable bonds is 6. The highest BCUT2D eigenvalue weighted by Gasteiger charge is 2.44. The molecule has 0 spiro atoms. The van der Waals surface area contributed by atoms with Crippen molar-refractivity contribution in [3.05, 3.63) is 175 Å². The molecule has 0 radical (unpaired) electrons. The van der Waals surface area contributed by atoms with Crippen LogP contribution in [0.1, 0.15) is 51.7 Å². The molecule has 2 aliphatic heterocycles. The lowest BCUT2D eigenvalue weighted by Gasteiger charge is -2.42. The van der Waals surface area contributed by atoms with E-state index in [-0.39, 0.29) is 12.1 Å². The van der Waals surface area contributed by atoms with E-state index in [1.54, 1.807) is 0 Å². The van der Waals surface area contributed by atoms with Crippen molar-refractivity contribution in [2.24, 2.45) is 0 Å². The molecule has 0 N–H and O–H groups in total. The molecule has 2 aliphatic rings. The first-order valence-corrected chi connectivity index (χ1v) is 22.6. The summed E-state index contributed by atoms with van der Waals surface area (Å²) in [4.78, 5) is 2.66. The van der Waals surface area contributed by atoms with Crippen LogP contribution >= 0.6 is 11.3 Å². The van der Waals surface area contributed by atoms with E-state index in [9.17, 15) is 0 Å². The van der Waals surface area contributed by atoms with Gasteiger partial charge in [-0.05, 0) is 105 Å². The Morgan fingerprint density at radius 1 is 0.590 bits per heavy atom. The third kappa shape index (κ3) is 5.56. The number of hydrogen-bond donors (Lipinski definition) is 0. The number of aryl methyl sites for hydroxylation is 1. The van der Waals surface area contributed by atoms with Crippen LogP contribution in [0.4, 0.5) is 17.1 Å². The van der Waals surface area contributed by atoms with Gasteiger partial charge in [-0.15, -0.1) is 11.3 Å². The Morgan fingerprint density at radius 2 is 1.31 bits per heavy atom. The molecule has 2 aromatic heterocycles. The van der Waals surface area contributed by atoms with Crippen molar-refractivity contribution in [3.8, 4) is 28.3 Å². The molecule has 3 nitrogen and oxygen atoms in total. The monoisotopic (exact) mass is 804 g/mol. The molecule has 61 heavy (non-hydrogen) atoms. The van der Waals surface area contributed by atoms with Crippen molar-refractivity contribution < 1.29 is 4.74 Å². The summed E-state index contributed by atoms with van der Waals surface area (Å²) in [6, 6.07) is 61.1. The molecule has 0 fully saturated rings. The smallest absolute Gasteiger partial charge is 0.256 e. The number of thiophene rings is 1. The third-order valence-corrected chi connectivity index (χ3v) is 14.4. The molecule has 294 valence electrons. The summed E-state index contributed by atoms with van der Waals surface area (Å²) in [5, 5.41) is 5.16. The molecule has 0 unspecified atom stereocenters. The second kappa shape index (κ2) is 13.7. The van der Waals surface area contributed by atoms with Gasteiger partial charge in [0.15, 0.2) is 0 Å². The van der Waals surface area contributed by atoms with Crippen molar-refractivity contribution in [1.29, 1.82) is 0 Å². The highest BCUT2D eigenvalue weighted by atomic mass is 32.1. The van der Waals surface area contributed by atoms with Crippen LogP contribution in [0, 0.1) is 0 Å². The molecule has 12 rings (SSSR count). The van der Waals surface area contributed by atoms with Crippen molar-refractivity contribution >= 4 is 93.5 Å². The summed E-state index contributed by atoms with van der Waals surface area (Å²) in [6.45, 7) is 9.23. The lowest BCUT2D eigenvalue weighted by Crippen LogP contribution is -2.59. The largest absolute Gasteiger partial charge is 0.458 e. The molecule has 5 heteroatoms. The topological polar surface area (TPSA) is 17.4 Å². The molecular weight excluding hydrogens is 760 g/mol. The van der Waals surface area contributed by atoms with Gasteiger partial charge in [0.2, 0.25) is 0 Å². The Balaban J connectivity index is 1.21. The molecule has 0 bridgehead atoms. The number of fused-ring (bicyclic) bond motifs is 10. The number of hydrogen-bond acceptors (Lipinski definition) is 3. The predicted octanol–water partition coefficient (Wildman–Crippen LogP) is 13.9. The van der Waals surface area contributed by atoms with Gasteiger partial charge in [-0.25, -0.2) is 0 Å². The number of nitrogens with zero attached hydrogens (tertiary/aromatic N) is 2. The van der Waals surface area contributed by atoms with Crippen molar-refractivity contribution in [1.82, 2.24) is 4.57 Å². The van der Waals surface area contributed by atoms with E-state index < -0.39 is 0 Å². The summed E-state index contributed by atoms with van der Waals surface area (Å²) in [6.07, 6.45) is 3.25. The fourth-order valence-electron chi connectivity index (χ4n) is 10.2. The minimum atomic E-state index is -0.118. The molecule has 0 aliphatic carbocycles. The minimum Gasteiger partial charge on any atom is -0.458 e. The van der Waals surface area contributed by atoms with Gasteiger partial charge in [0.1, 0.15) is 11.5 Å². The Labute approximate surface area is 361 Å². The van der Waals surface area contributed by atoms with Gasteiger partial charge in [0.05, 0.1) is 21.4 Å². The van der Waals surface area contributed by atoms with E-state index in [0.29, 0.717) is 0 Å². The number of unbranched alkanes of at least 4 members (excludes halogenated alkanes) is 1. The van der Waals surface area contributed by atoms with E-state index in [1.165, 1.54) is 97.7 Å². The van der Waals surface area contributed by atoms with Gasteiger partial charge in [-0.2, -0.15) is 0 Å². The summed E-state index contributed by atoms with van der Waals surface area (Å²) in [5.74, 6) is 1.88. The summed E-state index contributed by atoms with van der Waals surface area (Å²) in [7, 11) is 0. The van der Waals surface area contributed by atoms with Gasteiger partial charge in [-0.3, -0.25) is 0 Å². The van der Waals surface area contributed by atoms with Crippen LogP contribution in [0.25, 0.3) is 58.8 Å². The van der Waals surface area contributed by atoms with Crippen LogP contribution in [0.5, 0.6) is 11.5 Å². The maximum atomic E-state index is 7.13. The maximum absolute atomic E-state index is 7.13. The lowest BCUT2D eigenvalue weighted by atomic mass is 9.34. The summed E-state index contributed by atoms with van der Waals surface area (Å²) in [5.41, 5.74) is 15.9. The number of para-hydroxylation sites is 2. The van der Waals surface area contributed by atoms with Crippen LogP contribution in [-0.2, 0) is 11.8 Å². The molecule has 0 atom stereocenters. The summed E-state index contributed by atoms with van der Waals surface area (Å²) >= 11 is 1.93. The average molecular weight is 805 g/mol. The number of anilines is 3. The van der Waals surface area contributed by atoms with Gasteiger partial charge < -0.3 is 14.2 Å². The standard InChI is InChI=1S/C56H45BN2OS/c1-5-6-16-36-25-28-43-42-21-12-15-24-52(42)61-55(43)54(36)59-48-34-39(58-46-22-13-10-19-40(46)41-20-11-14-23-47(41)58)27-29-44(48)57-45-31-37(35-17-8-7-9-18-35)26-30-50(45)60-51-33-38(56(2,3)4)32-49(59)53(51)57/h7-15,17-34H,5-6,16H2,1-4H3. The Kier molecular flexibility index (Phi) is 8.18. The normalized spacial score (nSPS) is 13.2. The maximum Gasteiger partial charge on any atom is 0.256 e. The third-order valence-electron chi connectivity index (χ3n) is 13.2. The zero-order valence-corrected chi connectivity index (χ0v) is 35.8. The first-order chi connectivity index (χ1) is 29.9. The van der Waals surface area contributed by atoms with E-state index in [4.69, 9.17) is 4.74 Å². The zero-order valence-electron chi connectivity index (χ0n) is 35.0. The van der Waals surface area contributed by atoms with Crippen LogP contribution < -0.4 is 26.0 Å². The van der Waals surface area contributed by atoms with Crippen LogP contribution in [0.2, 0.25) is 0 Å². The molecule has 0 amide bonds. The van der Waals surface area contributed by atoms with Gasteiger partial charge >= 0.3 is 0 Å². The van der Waals surface area contributed by atoms with Crippen molar-refractivity contribution in [2.45, 2.75) is 52.4 Å². The Morgan fingerprint density at radius 3 is 2.07 bits per heavy atom. The van der Waals surface area contributed by atoms with Crippen LogP contribution in [-0.4, -0.2) is 11.3 Å². The van der Waals surface area contributed by atoms with Gasteiger partial charge in [0, 0.05) is 43.3 Å². The molecule has 4 heterocycles. The fraction of sp³-hybridized carbons (Fsp3) is 0.143. The second-order valence-electron chi connectivity index (χ2n) is 17.9. The van der Waals surface area contributed by atoms with E-state index in [1.807, 2.05) is 11.3 Å². The number of aromatic nitrogens is 1. The van der Waals surface area contributed by atoms with Gasteiger partial charge in [-0.1, -0.05) is 149 Å². The van der Waals surface area contributed by atoms with E-state index in [2.05, 4.69) is 201 Å². The van der Waals surface area contributed by atoms with Crippen LogP contribution in [0.3, 0.4) is 0 Å². The Hall–Kier alpha value is -6.56. The minimum absolute atomic E-state index is 0.0365. The fourth-order valence-corrected chi connectivity index (χ4v) is 11.5. The quantitative estimate of drug-likeness (QED) is 0.156. The molecule has 10 aromatic rings. The zero-order chi connectivity index (χ0) is 41.0. The lowest BCUT2D eigenvalue weighted by molar-refractivity contribution is 0.483. The summed E-state index contributed by atoms with van der Waals surface area (Å²) < 4.78 is 12.3. The molecule has 8 aromatic carbocycles. The molecule has 0 saturated carbocycles. The van der Waals surface area contributed by atoms with Crippen molar-refractivity contribution in [2.75, 3.05) is 4.90 Å². The molecular formula is C56H45BN2OS. The Bertz CT molecular complexity index is 3340. The van der Waals surface area contributed by atoms with E-state index in [0.717, 1.165) is 36.4 Å². The van der Waals surface area contributed by atoms with E-state index >= 15 is 0 Å². The second-order valence-corrected chi connectivity index (χ2v) is 19.0. The van der Waals surface area contributed by atoms with Crippen LogP contribution in [0.15, 0.2) is 164 Å². The number of benzene rings is 8.